The standard InChI is InChI=1S/C16H23FN2O4/c1-4-12(23-14-8-6-5-7-13(14)17)9-18-16(22)19(3)10-11(2)15(20)21/h5-8,11-12H,4,9-10H2,1-3H3,(H,18,22)(H,20,21). The second-order valence-corrected chi connectivity index (χ2v) is 5.38. The van der Waals surface area contributed by atoms with Gasteiger partial charge in [0, 0.05) is 13.6 Å². The number of urea groups is 1. The minimum atomic E-state index is -0.959. The molecule has 1 aromatic rings. The van der Waals surface area contributed by atoms with E-state index in [0.29, 0.717) is 6.42 Å². The van der Waals surface area contributed by atoms with E-state index in [9.17, 15) is 14.0 Å². The smallest absolute Gasteiger partial charge is 0.317 e. The fourth-order valence-electron chi connectivity index (χ4n) is 1.90. The van der Waals surface area contributed by atoms with Gasteiger partial charge in [0.15, 0.2) is 11.6 Å². The molecule has 6 nitrogen and oxygen atoms in total. The molecule has 0 saturated carbocycles. The zero-order chi connectivity index (χ0) is 17.4. The molecule has 7 heteroatoms. The molecule has 0 bridgehead atoms. The maximum Gasteiger partial charge on any atom is 0.317 e. The minimum Gasteiger partial charge on any atom is -0.486 e. The molecule has 23 heavy (non-hydrogen) atoms. The van der Waals surface area contributed by atoms with Crippen molar-refractivity contribution in [1.82, 2.24) is 10.2 Å². The first-order valence-corrected chi connectivity index (χ1v) is 7.48. The average Bonchev–Trinajstić information content (AvgIpc) is 2.52. The van der Waals surface area contributed by atoms with Crippen LogP contribution in [0, 0.1) is 11.7 Å². The first-order chi connectivity index (χ1) is 10.8. The monoisotopic (exact) mass is 326 g/mol. The Hall–Kier alpha value is -2.31. The predicted octanol–water partition coefficient (Wildman–Crippen LogP) is 2.35. The number of hydrogen-bond donors (Lipinski definition) is 2. The molecule has 2 amide bonds. The van der Waals surface area contributed by atoms with Crippen molar-refractivity contribution in [3.05, 3.63) is 30.1 Å². The molecule has 0 aliphatic rings. The number of carbonyl (C=O) groups is 2. The van der Waals surface area contributed by atoms with E-state index in [0.717, 1.165) is 0 Å². The molecule has 0 aliphatic carbocycles. The summed E-state index contributed by atoms with van der Waals surface area (Å²) in [5, 5.41) is 11.5. The molecule has 2 unspecified atom stereocenters. The second-order valence-electron chi connectivity index (χ2n) is 5.38. The summed E-state index contributed by atoms with van der Waals surface area (Å²) < 4.78 is 19.1. The lowest BCUT2D eigenvalue weighted by molar-refractivity contribution is -0.141. The van der Waals surface area contributed by atoms with E-state index < -0.39 is 23.7 Å². The number of para-hydroxylation sites is 1. The van der Waals surface area contributed by atoms with E-state index in [1.807, 2.05) is 6.92 Å². The predicted molar refractivity (Wildman–Crippen MR) is 83.9 cm³/mol. The van der Waals surface area contributed by atoms with E-state index in [4.69, 9.17) is 9.84 Å². The van der Waals surface area contributed by atoms with Crippen molar-refractivity contribution >= 4 is 12.0 Å². The number of carboxylic acids is 1. The van der Waals surface area contributed by atoms with Crippen molar-refractivity contribution in [2.75, 3.05) is 20.1 Å². The van der Waals surface area contributed by atoms with Gasteiger partial charge in [-0.05, 0) is 18.6 Å². The Labute approximate surface area is 135 Å². The fourth-order valence-corrected chi connectivity index (χ4v) is 1.90. The van der Waals surface area contributed by atoms with Crippen LogP contribution in [0.4, 0.5) is 9.18 Å². The SMILES string of the molecule is CCC(CNC(=O)N(C)CC(C)C(=O)O)Oc1ccccc1F. The number of amides is 2. The summed E-state index contributed by atoms with van der Waals surface area (Å²) in [4.78, 5) is 24.0. The molecule has 0 saturated heterocycles. The largest absolute Gasteiger partial charge is 0.486 e. The second kappa shape index (κ2) is 8.97. The number of benzene rings is 1. The van der Waals surface area contributed by atoms with Crippen LogP contribution >= 0.6 is 0 Å². The molecule has 0 fully saturated rings. The molecule has 0 heterocycles. The lowest BCUT2D eigenvalue weighted by Crippen LogP contribution is -2.44. The van der Waals surface area contributed by atoms with Gasteiger partial charge in [-0.3, -0.25) is 4.79 Å². The van der Waals surface area contributed by atoms with Crippen LogP contribution in [-0.2, 0) is 4.79 Å². The normalized spacial score (nSPS) is 13.0. The van der Waals surface area contributed by atoms with Gasteiger partial charge in [-0.2, -0.15) is 0 Å². The van der Waals surface area contributed by atoms with Crippen molar-refractivity contribution in [3.8, 4) is 5.75 Å². The quantitative estimate of drug-likeness (QED) is 0.768. The lowest BCUT2D eigenvalue weighted by atomic mass is 10.2. The zero-order valence-corrected chi connectivity index (χ0v) is 13.6. The summed E-state index contributed by atoms with van der Waals surface area (Å²) in [6.07, 6.45) is 0.213. The van der Waals surface area contributed by atoms with E-state index in [1.165, 1.54) is 31.0 Å². The number of carboxylic acid groups (broad SMARTS) is 1. The van der Waals surface area contributed by atoms with Gasteiger partial charge in [-0.25, -0.2) is 9.18 Å². The van der Waals surface area contributed by atoms with Gasteiger partial charge in [0.1, 0.15) is 6.10 Å². The zero-order valence-electron chi connectivity index (χ0n) is 13.6. The van der Waals surface area contributed by atoms with Crippen LogP contribution in [0.15, 0.2) is 24.3 Å². The summed E-state index contributed by atoms with van der Waals surface area (Å²) in [6.45, 7) is 3.71. The molecule has 128 valence electrons. The third kappa shape index (κ3) is 6.14. The number of halogens is 1. The Kier molecular flexibility index (Phi) is 7.31. The summed E-state index contributed by atoms with van der Waals surface area (Å²) >= 11 is 0. The van der Waals surface area contributed by atoms with Gasteiger partial charge in [0.25, 0.3) is 0 Å². The Morgan fingerprint density at radius 3 is 2.61 bits per heavy atom. The van der Waals surface area contributed by atoms with E-state index in [-0.39, 0.29) is 24.9 Å². The molecule has 0 spiro atoms. The number of ether oxygens (including phenoxy) is 1. The molecular formula is C16H23FN2O4. The highest BCUT2D eigenvalue weighted by Gasteiger charge is 2.18. The van der Waals surface area contributed by atoms with Gasteiger partial charge >= 0.3 is 12.0 Å². The summed E-state index contributed by atoms with van der Waals surface area (Å²) in [5.41, 5.74) is 0. The number of nitrogens with one attached hydrogen (secondary N) is 1. The number of nitrogens with zero attached hydrogens (tertiary/aromatic N) is 1. The van der Waals surface area contributed by atoms with Crippen LogP contribution < -0.4 is 10.1 Å². The van der Waals surface area contributed by atoms with Crippen molar-refractivity contribution in [3.63, 3.8) is 0 Å². The molecule has 2 atom stereocenters. The third-order valence-corrected chi connectivity index (χ3v) is 3.38. The van der Waals surface area contributed by atoms with Gasteiger partial charge in [-0.1, -0.05) is 26.0 Å². The number of rotatable bonds is 8. The minimum absolute atomic E-state index is 0.103. The molecule has 0 radical (unpaired) electrons. The molecule has 0 aliphatic heterocycles. The Morgan fingerprint density at radius 1 is 1.39 bits per heavy atom. The van der Waals surface area contributed by atoms with Crippen LogP contribution in [0.5, 0.6) is 5.75 Å². The van der Waals surface area contributed by atoms with E-state index in [1.54, 1.807) is 12.1 Å². The van der Waals surface area contributed by atoms with Gasteiger partial charge in [0.05, 0.1) is 12.5 Å². The highest BCUT2D eigenvalue weighted by atomic mass is 19.1. The Bertz CT molecular complexity index is 539. The fraction of sp³-hybridized carbons (Fsp3) is 0.500. The lowest BCUT2D eigenvalue weighted by Gasteiger charge is -2.23. The van der Waals surface area contributed by atoms with Crippen LogP contribution in [0.1, 0.15) is 20.3 Å². The molecular weight excluding hydrogens is 303 g/mol. The van der Waals surface area contributed by atoms with Crippen LogP contribution in [0.25, 0.3) is 0 Å². The Morgan fingerprint density at radius 2 is 2.04 bits per heavy atom. The Balaban J connectivity index is 2.49. The third-order valence-electron chi connectivity index (χ3n) is 3.38. The average molecular weight is 326 g/mol. The highest BCUT2D eigenvalue weighted by Crippen LogP contribution is 2.17. The topological polar surface area (TPSA) is 78.9 Å². The van der Waals surface area contributed by atoms with Gasteiger partial charge in [0.2, 0.25) is 0 Å². The maximum atomic E-state index is 13.6. The first kappa shape index (κ1) is 18.7. The van der Waals surface area contributed by atoms with E-state index >= 15 is 0 Å². The number of aliphatic carboxylic acids is 1. The van der Waals surface area contributed by atoms with Gasteiger partial charge < -0.3 is 20.1 Å². The number of hydrogen-bond acceptors (Lipinski definition) is 3. The highest BCUT2D eigenvalue weighted by molar-refractivity contribution is 5.75. The summed E-state index contributed by atoms with van der Waals surface area (Å²) in [6, 6.07) is 5.69. The summed E-state index contributed by atoms with van der Waals surface area (Å²) in [7, 11) is 1.52. The van der Waals surface area contributed by atoms with Crippen LogP contribution in [0.2, 0.25) is 0 Å². The van der Waals surface area contributed by atoms with Crippen molar-refractivity contribution < 1.29 is 23.8 Å². The molecule has 1 rings (SSSR count). The molecule has 2 N–H and O–H groups in total. The van der Waals surface area contributed by atoms with E-state index in [2.05, 4.69) is 5.32 Å². The molecule has 0 aromatic heterocycles. The summed E-state index contributed by atoms with van der Waals surface area (Å²) in [5.74, 6) is -1.92. The first-order valence-electron chi connectivity index (χ1n) is 7.48. The number of carbonyl (C=O) groups excluding carboxylic acids is 1. The van der Waals surface area contributed by atoms with Crippen molar-refractivity contribution in [2.24, 2.45) is 5.92 Å². The van der Waals surface area contributed by atoms with Crippen molar-refractivity contribution in [2.45, 2.75) is 26.4 Å². The van der Waals surface area contributed by atoms with Crippen LogP contribution in [0.3, 0.4) is 0 Å². The van der Waals surface area contributed by atoms with Gasteiger partial charge in [-0.15, -0.1) is 0 Å². The maximum absolute atomic E-state index is 13.6. The van der Waals surface area contributed by atoms with Crippen molar-refractivity contribution in [1.29, 1.82) is 0 Å². The van der Waals surface area contributed by atoms with Crippen LogP contribution in [-0.4, -0.2) is 48.2 Å². The molecule has 1 aromatic carbocycles.